The Kier molecular flexibility index (Phi) is 5.89. The molecule has 5 nitrogen and oxygen atoms in total. The van der Waals surface area contributed by atoms with E-state index in [1.807, 2.05) is 0 Å². The quantitative estimate of drug-likeness (QED) is 0.359. The van der Waals surface area contributed by atoms with Crippen LogP contribution in [0.1, 0.15) is 25.0 Å². The van der Waals surface area contributed by atoms with Gasteiger partial charge in [-0.1, -0.05) is 40.9 Å². The molecule has 8 heteroatoms. The number of hydrogen-bond acceptors (Lipinski definition) is 5. The van der Waals surface area contributed by atoms with Gasteiger partial charge in [0, 0.05) is 40.0 Å². The van der Waals surface area contributed by atoms with Crippen LogP contribution >= 0.6 is 34.8 Å². The van der Waals surface area contributed by atoms with Crippen molar-refractivity contribution in [1.29, 1.82) is 0 Å². The smallest absolute Gasteiger partial charge is 0.348 e. The van der Waals surface area contributed by atoms with Crippen LogP contribution in [0, 0.1) is 0 Å². The maximum Gasteiger partial charge on any atom is 0.348 e. The molecule has 0 radical (unpaired) electrons. The van der Waals surface area contributed by atoms with Gasteiger partial charge < -0.3 is 14.2 Å². The summed E-state index contributed by atoms with van der Waals surface area (Å²) in [5, 5.41) is 1.32. The number of cyclic esters (lactones) is 2. The van der Waals surface area contributed by atoms with E-state index < -0.39 is 17.7 Å². The van der Waals surface area contributed by atoms with Gasteiger partial charge in [-0.25, -0.2) is 9.59 Å². The van der Waals surface area contributed by atoms with Crippen LogP contribution in [0.5, 0.6) is 5.75 Å². The van der Waals surface area contributed by atoms with Gasteiger partial charge in [0.25, 0.3) is 5.79 Å². The van der Waals surface area contributed by atoms with Gasteiger partial charge in [0.05, 0.1) is 0 Å². The Morgan fingerprint density at radius 3 is 2.21 bits per heavy atom. The lowest BCUT2D eigenvalue weighted by molar-refractivity contribution is -0.222. The first-order valence-corrected chi connectivity index (χ1v) is 9.33. The van der Waals surface area contributed by atoms with Crippen molar-refractivity contribution < 1.29 is 23.8 Å². The third kappa shape index (κ3) is 4.61. The predicted octanol–water partition coefficient (Wildman–Crippen LogP) is 5.45. The second-order valence-electron chi connectivity index (χ2n) is 6.41. The molecule has 1 aliphatic rings. The summed E-state index contributed by atoms with van der Waals surface area (Å²) in [6.45, 7) is 3.03. The SMILES string of the molecule is CC1(C)OC(=O)C(=Cc2cc(Cl)ccc2OCc2c(Cl)cccc2Cl)C(=O)O1. The Morgan fingerprint density at radius 2 is 1.61 bits per heavy atom. The second-order valence-corrected chi connectivity index (χ2v) is 7.66. The molecule has 0 bridgehead atoms. The molecule has 3 rings (SSSR count). The number of benzene rings is 2. The first-order valence-electron chi connectivity index (χ1n) is 8.20. The lowest BCUT2D eigenvalue weighted by atomic mass is 10.1. The van der Waals surface area contributed by atoms with Crippen molar-refractivity contribution in [3.63, 3.8) is 0 Å². The van der Waals surface area contributed by atoms with Gasteiger partial charge in [0.2, 0.25) is 0 Å². The van der Waals surface area contributed by atoms with Gasteiger partial charge in [0.15, 0.2) is 0 Å². The summed E-state index contributed by atoms with van der Waals surface area (Å²) >= 11 is 18.4. The lowest BCUT2D eigenvalue weighted by Crippen LogP contribution is -2.41. The molecule has 0 aromatic heterocycles. The molecule has 0 unspecified atom stereocenters. The van der Waals surface area contributed by atoms with Crippen molar-refractivity contribution in [2.45, 2.75) is 26.2 Å². The summed E-state index contributed by atoms with van der Waals surface area (Å²) in [5.74, 6) is -2.53. The standard InChI is InChI=1S/C20H15Cl3O5/c1-20(2)27-18(24)13(19(25)28-20)9-11-8-12(21)6-7-17(11)26-10-14-15(22)4-3-5-16(14)23/h3-9H,10H2,1-2H3. The zero-order valence-corrected chi connectivity index (χ0v) is 17.2. The van der Waals surface area contributed by atoms with Crippen molar-refractivity contribution in [2.75, 3.05) is 0 Å². The van der Waals surface area contributed by atoms with E-state index in [1.54, 1.807) is 36.4 Å². The van der Waals surface area contributed by atoms with Crippen LogP contribution in [0.4, 0.5) is 0 Å². The highest BCUT2D eigenvalue weighted by atomic mass is 35.5. The van der Waals surface area contributed by atoms with Crippen LogP contribution in [-0.2, 0) is 25.7 Å². The van der Waals surface area contributed by atoms with Crippen molar-refractivity contribution in [1.82, 2.24) is 0 Å². The molecule has 0 atom stereocenters. The summed E-state index contributed by atoms with van der Waals surface area (Å²) < 4.78 is 16.0. The Balaban J connectivity index is 1.91. The van der Waals surface area contributed by atoms with E-state index in [1.165, 1.54) is 19.9 Å². The number of ether oxygens (including phenoxy) is 3. The molecule has 1 aliphatic heterocycles. The first kappa shape index (κ1) is 20.5. The van der Waals surface area contributed by atoms with E-state index in [0.717, 1.165) is 0 Å². The Hall–Kier alpha value is -2.21. The maximum absolute atomic E-state index is 12.2. The minimum atomic E-state index is -1.32. The predicted molar refractivity (Wildman–Crippen MR) is 106 cm³/mol. The fourth-order valence-electron chi connectivity index (χ4n) is 2.52. The van der Waals surface area contributed by atoms with E-state index in [9.17, 15) is 9.59 Å². The van der Waals surface area contributed by atoms with Gasteiger partial charge in [-0.05, 0) is 36.4 Å². The molecular weight excluding hydrogens is 427 g/mol. The van der Waals surface area contributed by atoms with Crippen LogP contribution in [0.3, 0.4) is 0 Å². The molecule has 1 fully saturated rings. The average molecular weight is 442 g/mol. The fraction of sp³-hybridized carbons (Fsp3) is 0.200. The van der Waals surface area contributed by atoms with E-state index in [2.05, 4.69) is 0 Å². The maximum atomic E-state index is 12.2. The first-order chi connectivity index (χ1) is 13.2. The monoisotopic (exact) mass is 440 g/mol. The number of rotatable bonds is 4. The Morgan fingerprint density at radius 1 is 1.00 bits per heavy atom. The minimum absolute atomic E-state index is 0.0816. The number of esters is 2. The summed E-state index contributed by atoms with van der Waals surface area (Å²) in [6.07, 6.45) is 1.31. The Labute approximate surface area is 176 Å². The summed E-state index contributed by atoms with van der Waals surface area (Å²) in [5.41, 5.74) is 0.749. The molecule has 0 N–H and O–H groups in total. The zero-order valence-electron chi connectivity index (χ0n) is 14.9. The Bertz CT molecular complexity index is 940. The van der Waals surface area contributed by atoms with Gasteiger partial charge in [-0.15, -0.1) is 0 Å². The molecule has 0 aliphatic carbocycles. The van der Waals surface area contributed by atoms with E-state index in [0.29, 0.717) is 31.9 Å². The van der Waals surface area contributed by atoms with Gasteiger partial charge in [0.1, 0.15) is 17.9 Å². The van der Waals surface area contributed by atoms with Gasteiger partial charge in [-0.2, -0.15) is 0 Å². The molecule has 1 saturated heterocycles. The number of carbonyl (C=O) groups excluding carboxylic acids is 2. The van der Waals surface area contributed by atoms with E-state index in [4.69, 9.17) is 49.0 Å². The van der Waals surface area contributed by atoms with Crippen molar-refractivity contribution >= 4 is 52.8 Å². The highest BCUT2D eigenvalue weighted by Gasteiger charge is 2.39. The number of hydrogen-bond donors (Lipinski definition) is 0. The topological polar surface area (TPSA) is 61.8 Å². The molecule has 2 aromatic rings. The van der Waals surface area contributed by atoms with Crippen LogP contribution in [0.15, 0.2) is 42.0 Å². The highest BCUT2D eigenvalue weighted by Crippen LogP contribution is 2.31. The van der Waals surface area contributed by atoms with E-state index >= 15 is 0 Å². The van der Waals surface area contributed by atoms with E-state index in [-0.39, 0.29) is 12.2 Å². The molecule has 2 aromatic carbocycles. The van der Waals surface area contributed by atoms with Gasteiger partial charge >= 0.3 is 11.9 Å². The highest BCUT2D eigenvalue weighted by molar-refractivity contribution is 6.36. The average Bonchev–Trinajstić information content (AvgIpc) is 2.58. The van der Waals surface area contributed by atoms with Crippen LogP contribution in [-0.4, -0.2) is 17.7 Å². The van der Waals surface area contributed by atoms with Crippen LogP contribution < -0.4 is 4.74 Å². The van der Waals surface area contributed by atoms with Crippen molar-refractivity contribution in [3.05, 3.63) is 68.2 Å². The normalized spacial score (nSPS) is 15.7. The number of halogens is 3. The molecular formula is C20H15Cl3O5. The molecule has 0 saturated carbocycles. The molecule has 28 heavy (non-hydrogen) atoms. The minimum Gasteiger partial charge on any atom is -0.488 e. The molecule has 0 spiro atoms. The molecule has 1 heterocycles. The van der Waals surface area contributed by atoms with Gasteiger partial charge in [-0.3, -0.25) is 0 Å². The van der Waals surface area contributed by atoms with Crippen LogP contribution in [0.2, 0.25) is 15.1 Å². The van der Waals surface area contributed by atoms with Crippen LogP contribution in [0.25, 0.3) is 6.08 Å². The number of carbonyl (C=O) groups is 2. The summed E-state index contributed by atoms with van der Waals surface area (Å²) in [7, 11) is 0. The summed E-state index contributed by atoms with van der Waals surface area (Å²) in [6, 6.07) is 9.92. The second kappa shape index (κ2) is 8.03. The largest absolute Gasteiger partial charge is 0.488 e. The van der Waals surface area contributed by atoms with Crippen molar-refractivity contribution in [2.24, 2.45) is 0 Å². The van der Waals surface area contributed by atoms with Crippen molar-refractivity contribution in [3.8, 4) is 5.75 Å². The third-order valence-electron chi connectivity index (χ3n) is 3.82. The summed E-state index contributed by atoms with van der Waals surface area (Å²) in [4.78, 5) is 24.4. The fourth-order valence-corrected chi connectivity index (χ4v) is 3.20. The lowest BCUT2D eigenvalue weighted by Gasteiger charge is -2.29. The molecule has 146 valence electrons. The third-order valence-corrected chi connectivity index (χ3v) is 4.77. The zero-order chi connectivity index (χ0) is 20.5. The molecule has 0 amide bonds.